The van der Waals surface area contributed by atoms with Gasteiger partial charge in [-0.15, -0.1) is 0 Å². The van der Waals surface area contributed by atoms with Crippen molar-refractivity contribution in [3.05, 3.63) is 29.8 Å². The lowest BCUT2D eigenvalue weighted by Crippen LogP contribution is -2.15. The Labute approximate surface area is 115 Å². The van der Waals surface area contributed by atoms with Gasteiger partial charge in [0, 0.05) is 12.2 Å². The number of rotatable bonds is 6. The largest absolute Gasteiger partial charge is 0.465 e. The first-order chi connectivity index (χ1) is 9.25. The second-order valence-electron chi connectivity index (χ2n) is 5.33. The maximum absolute atomic E-state index is 11.6. The number of esters is 1. The number of carbonyl (C=O) groups excluding carboxylic acids is 1. The Morgan fingerprint density at radius 3 is 2.79 bits per heavy atom. The molecular formula is C16H23NO2. The van der Waals surface area contributed by atoms with Crippen molar-refractivity contribution in [2.45, 2.75) is 39.0 Å². The highest BCUT2D eigenvalue weighted by molar-refractivity contribution is 5.70. The fraction of sp³-hybridized carbons (Fsp3) is 0.562. The molecule has 0 spiro atoms. The van der Waals surface area contributed by atoms with Gasteiger partial charge >= 0.3 is 5.97 Å². The van der Waals surface area contributed by atoms with Gasteiger partial charge in [0.15, 0.2) is 0 Å². The molecule has 0 heterocycles. The first-order valence-corrected chi connectivity index (χ1v) is 7.21. The molecule has 19 heavy (non-hydrogen) atoms. The molecule has 1 aliphatic rings. The lowest BCUT2D eigenvalue weighted by molar-refractivity contribution is -0.144. The van der Waals surface area contributed by atoms with Crippen LogP contribution in [0.25, 0.3) is 0 Å². The highest BCUT2D eigenvalue weighted by Crippen LogP contribution is 2.24. The van der Waals surface area contributed by atoms with E-state index in [1.54, 1.807) is 0 Å². The zero-order valence-electron chi connectivity index (χ0n) is 11.7. The van der Waals surface area contributed by atoms with Crippen molar-refractivity contribution in [1.82, 2.24) is 0 Å². The summed E-state index contributed by atoms with van der Waals surface area (Å²) in [7, 11) is 0. The van der Waals surface area contributed by atoms with Gasteiger partial charge in [-0.25, -0.2) is 0 Å². The van der Waals surface area contributed by atoms with Crippen molar-refractivity contribution in [1.29, 1.82) is 0 Å². The highest BCUT2D eigenvalue weighted by Gasteiger charge is 2.16. The summed E-state index contributed by atoms with van der Waals surface area (Å²) in [5.41, 5.74) is 2.29. The predicted molar refractivity (Wildman–Crippen MR) is 77.2 cm³/mol. The Kier molecular flexibility index (Phi) is 5.25. The molecule has 0 atom stereocenters. The molecule has 1 saturated carbocycles. The number of nitrogens with one attached hydrogen (secondary N) is 1. The van der Waals surface area contributed by atoms with Crippen LogP contribution in [0, 0.1) is 12.8 Å². The topological polar surface area (TPSA) is 38.3 Å². The number of para-hydroxylation sites is 1. The van der Waals surface area contributed by atoms with Crippen LogP contribution < -0.4 is 5.32 Å². The summed E-state index contributed by atoms with van der Waals surface area (Å²) in [6.45, 7) is 3.30. The van der Waals surface area contributed by atoms with Crippen molar-refractivity contribution < 1.29 is 9.53 Å². The molecule has 0 bridgehead atoms. The SMILES string of the molecule is Cc1ccccc1NCCC(=O)OCC1CCCC1. The number of ether oxygens (including phenoxy) is 1. The first-order valence-electron chi connectivity index (χ1n) is 7.21. The fourth-order valence-corrected chi connectivity index (χ4v) is 2.53. The van der Waals surface area contributed by atoms with Gasteiger partial charge in [0.2, 0.25) is 0 Å². The van der Waals surface area contributed by atoms with E-state index in [9.17, 15) is 4.79 Å². The fourth-order valence-electron chi connectivity index (χ4n) is 2.53. The van der Waals surface area contributed by atoms with E-state index in [1.807, 2.05) is 18.2 Å². The third-order valence-corrected chi connectivity index (χ3v) is 3.74. The summed E-state index contributed by atoms with van der Waals surface area (Å²) >= 11 is 0. The number of carbonyl (C=O) groups is 1. The van der Waals surface area contributed by atoms with Gasteiger partial charge < -0.3 is 10.1 Å². The Hall–Kier alpha value is -1.51. The number of benzene rings is 1. The van der Waals surface area contributed by atoms with Crippen LogP contribution >= 0.6 is 0 Å². The maximum atomic E-state index is 11.6. The molecule has 104 valence electrons. The normalized spacial score (nSPS) is 15.4. The molecule has 0 saturated heterocycles. The van der Waals surface area contributed by atoms with E-state index in [0.29, 0.717) is 25.5 Å². The number of hydrogen-bond donors (Lipinski definition) is 1. The van der Waals surface area contributed by atoms with Crippen LogP contribution in [0.1, 0.15) is 37.7 Å². The van der Waals surface area contributed by atoms with Crippen LogP contribution in [0.5, 0.6) is 0 Å². The van der Waals surface area contributed by atoms with Crippen molar-refractivity contribution in [3.8, 4) is 0 Å². The number of aryl methyl sites for hydroxylation is 1. The molecule has 3 nitrogen and oxygen atoms in total. The first kappa shape index (κ1) is 13.9. The molecule has 0 aliphatic heterocycles. The van der Waals surface area contributed by atoms with Gasteiger partial charge in [-0.05, 0) is 37.3 Å². The molecule has 2 rings (SSSR count). The average molecular weight is 261 g/mol. The van der Waals surface area contributed by atoms with Gasteiger partial charge in [0.05, 0.1) is 13.0 Å². The van der Waals surface area contributed by atoms with E-state index in [1.165, 1.54) is 31.2 Å². The van der Waals surface area contributed by atoms with E-state index >= 15 is 0 Å². The third kappa shape index (κ3) is 4.58. The standard InChI is InChI=1S/C16H23NO2/c1-13-6-2-5-9-15(13)17-11-10-16(18)19-12-14-7-3-4-8-14/h2,5-6,9,14,17H,3-4,7-8,10-12H2,1H3. The Morgan fingerprint density at radius 2 is 2.05 bits per heavy atom. The van der Waals surface area contributed by atoms with Gasteiger partial charge in [0.1, 0.15) is 0 Å². The lowest BCUT2D eigenvalue weighted by atomic mass is 10.1. The van der Waals surface area contributed by atoms with Crippen LogP contribution in [0.2, 0.25) is 0 Å². The van der Waals surface area contributed by atoms with E-state index in [0.717, 1.165) is 5.69 Å². The van der Waals surface area contributed by atoms with Crippen LogP contribution in [-0.4, -0.2) is 19.1 Å². The van der Waals surface area contributed by atoms with Crippen molar-refractivity contribution >= 4 is 11.7 Å². The molecule has 1 fully saturated rings. The van der Waals surface area contributed by atoms with Gasteiger partial charge in [0.25, 0.3) is 0 Å². The Balaban J connectivity index is 1.62. The van der Waals surface area contributed by atoms with Crippen LogP contribution in [-0.2, 0) is 9.53 Å². The monoisotopic (exact) mass is 261 g/mol. The minimum absolute atomic E-state index is 0.0898. The summed E-state index contributed by atoms with van der Waals surface area (Å²) in [5, 5.41) is 3.27. The van der Waals surface area contributed by atoms with Crippen LogP contribution in [0.15, 0.2) is 24.3 Å². The summed E-state index contributed by atoms with van der Waals surface area (Å²) < 4.78 is 5.32. The van der Waals surface area contributed by atoms with E-state index in [4.69, 9.17) is 4.74 Å². The minimum Gasteiger partial charge on any atom is -0.465 e. The summed E-state index contributed by atoms with van der Waals surface area (Å²) in [4.78, 5) is 11.6. The lowest BCUT2D eigenvalue weighted by Gasteiger charge is -2.11. The average Bonchev–Trinajstić information content (AvgIpc) is 2.92. The molecule has 0 unspecified atom stereocenters. The molecule has 3 heteroatoms. The highest BCUT2D eigenvalue weighted by atomic mass is 16.5. The van der Waals surface area contributed by atoms with E-state index in [-0.39, 0.29) is 5.97 Å². The Morgan fingerprint density at radius 1 is 1.32 bits per heavy atom. The molecule has 1 aromatic rings. The summed E-state index contributed by atoms with van der Waals surface area (Å²) in [5.74, 6) is 0.515. The van der Waals surface area contributed by atoms with Crippen LogP contribution in [0.3, 0.4) is 0 Å². The maximum Gasteiger partial charge on any atom is 0.307 e. The quantitative estimate of drug-likeness (QED) is 0.796. The Bertz CT molecular complexity index is 411. The van der Waals surface area contributed by atoms with Crippen molar-refractivity contribution in [2.75, 3.05) is 18.5 Å². The third-order valence-electron chi connectivity index (χ3n) is 3.74. The zero-order chi connectivity index (χ0) is 13.5. The van der Waals surface area contributed by atoms with Crippen molar-refractivity contribution in [2.24, 2.45) is 5.92 Å². The minimum atomic E-state index is -0.0898. The summed E-state index contributed by atoms with van der Waals surface area (Å²) in [6.07, 6.45) is 5.44. The second-order valence-corrected chi connectivity index (χ2v) is 5.33. The van der Waals surface area contributed by atoms with Crippen LogP contribution in [0.4, 0.5) is 5.69 Å². The molecule has 1 aromatic carbocycles. The van der Waals surface area contributed by atoms with Gasteiger partial charge in [-0.1, -0.05) is 31.0 Å². The molecule has 1 aliphatic carbocycles. The van der Waals surface area contributed by atoms with Crippen molar-refractivity contribution in [3.63, 3.8) is 0 Å². The van der Waals surface area contributed by atoms with E-state index < -0.39 is 0 Å². The molecule has 0 aromatic heterocycles. The molecule has 1 N–H and O–H groups in total. The predicted octanol–water partition coefficient (Wildman–Crippen LogP) is 3.53. The number of hydrogen-bond acceptors (Lipinski definition) is 3. The van der Waals surface area contributed by atoms with Gasteiger partial charge in [-0.2, -0.15) is 0 Å². The van der Waals surface area contributed by atoms with E-state index in [2.05, 4.69) is 18.3 Å². The summed E-state index contributed by atoms with van der Waals surface area (Å²) in [6, 6.07) is 8.09. The zero-order valence-corrected chi connectivity index (χ0v) is 11.7. The molecule has 0 radical (unpaired) electrons. The van der Waals surface area contributed by atoms with Gasteiger partial charge in [-0.3, -0.25) is 4.79 Å². The second kappa shape index (κ2) is 7.17. The molecule has 0 amide bonds. The molecular weight excluding hydrogens is 238 g/mol. The smallest absolute Gasteiger partial charge is 0.307 e. The number of anilines is 1.